The average molecular weight is 296 g/mol. The molecule has 4 nitrogen and oxygen atoms in total. The van der Waals surface area contributed by atoms with E-state index >= 15 is 0 Å². The number of nitrogens with zero attached hydrogens (tertiary/aromatic N) is 1. The second-order valence-corrected chi connectivity index (χ2v) is 7.05. The van der Waals surface area contributed by atoms with Gasteiger partial charge in [-0.1, -0.05) is 17.9 Å². The molecule has 0 spiro atoms. The van der Waals surface area contributed by atoms with Crippen molar-refractivity contribution in [1.82, 2.24) is 4.90 Å². The molecular formula is C14H17FN2O2S. The van der Waals surface area contributed by atoms with Crippen molar-refractivity contribution in [2.75, 3.05) is 31.1 Å². The molecule has 1 fully saturated rings. The van der Waals surface area contributed by atoms with Gasteiger partial charge in [0, 0.05) is 19.6 Å². The Labute approximate surface area is 118 Å². The summed E-state index contributed by atoms with van der Waals surface area (Å²) < 4.78 is 36.3. The van der Waals surface area contributed by atoms with E-state index in [2.05, 4.69) is 16.7 Å². The fraction of sp³-hybridized carbons (Fsp3) is 0.429. The van der Waals surface area contributed by atoms with Crippen LogP contribution in [0.3, 0.4) is 0 Å². The fourth-order valence-electron chi connectivity index (χ4n) is 2.08. The normalized spacial score (nSPS) is 18.3. The van der Waals surface area contributed by atoms with E-state index in [9.17, 15) is 12.8 Å². The summed E-state index contributed by atoms with van der Waals surface area (Å²) in [7, 11) is -2.87. The van der Waals surface area contributed by atoms with E-state index in [0.29, 0.717) is 25.2 Å². The lowest BCUT2D eigenvalue weighted by molar-refractivity contribution is 0.287. The fourth-order valence-corrected chi connectivity index (χ4v) is 3.36. The molecule has 1 aliphatic rings. The summed E-state index contributed by atoms with van der Waals surface area (Å²) in [6, 6.07) is 4.78. The summed E-state index contributed by atoms with van der Waals surface area (Å²) in [5.74, 6) is 5.34. The number of rotatable bonds is 2. The van der Waals surface area contributed by atoms with Gasteiger partial charge >= 0.3 is 0 Å². The topological polar surface area (TPSA) is 63.4 Å². The molecule has 2 rings (SSSR count). The van der Waals surface area contributed by atoms with Crippen LogP contribution in [0.2, 0.25) is 0 Å². The Balaban J connectivity index is 2.07. The van der Waals surface area contributed by atoms with Crippen LogP contribution in [0.4, 0.5) is 4.39 Å². The van der Waals surface area contributed by atoms with Crippen molar-refractivity contribution in [3.05, 3.63) is 35.1 Å². The van der Waals surface area contributed by atoms with E-state index in [-0.39, 0.29) is 23.9 Å². The first-order valence-corrected chi connectivity index (χ1v) is 8.22. The largest absolute Gasteiger partial charge is 0.320 e. The molecular weight excluding hydrogens is 279 g/mol. The Kier molecular flexibility index (Phi) is 4.76. The summed E-state index contributed by atoms with van der Waals surface area (Å²) >= 11 is 0. The third-order valence-electron chi connectivity index (χ3n) is 3.20. The molecule has 108 valence electrons. The summed E-state index contributed by atoms with van der Waals surface area (Å²) in [4.78, 5) is 2.05. The number of halogens is 1. The minimum atomic E-state index is -2.87. The zero-order valence-corrected chi connectivity index (χ0v) is 11.9. The van der Waals surface area contributed by atoms with Crippen LogP contribution in [0.15, 0.2) is 18.2 Å². The van der Waals surface area contributed by atoms with Gasteiger partial charge in [0.2, 0.25) is 0 Å². The molecule has 1 heterocycles. The van der Waals surface area contributed by atoms with Gasteiger partial charge in [0.15, 0.2) is 9.84 Å². The molecule has 0 aliphatic carbocycles. The SMILES string of the molecule is NCC#Cc1cc(CN2CCS(=O)(=O)CC2)ccc1F. The predicted octanol–water partition coefficient (Wildman–Crippen LogP) is 0.366. The smallest absolute Gasteiger partial charge is 0.152 e. The zero-order valence-electron chi connectivity index (χ0n) is 11.1. The number of nitrogens with two attached hydrogens (primary N) is 1. The molecule has 0 radical (unpaired) electrons. The summed E-state index contributed by atoms with van der Waals surface area (Å²) in [6.45, 7) is 1.83. The summed E-state index contributed by atoms with van der Waals surface area (Å²) in [6.07, 6.45) is 0. The van der Waals surface area contributed by atoms with E-state index in [1.165, 1.54) is 6.07 Å². The van der Waals surface area contributed by atoms with Gasteiger partial charge in [0.05, 0.1) is 23.6 Å². The standard InChI is InChI=1S/C14H17FN2O2S/c15-14-4-3-12(10-13(14)2-1-5-16)11-17-6-8-20(18,19)9-7-17/h3-4,10H,5-9,11,16H2. The third-order valence-corrected chi connectivity index (χ3v) is 4.81. The van der Waals surface area contributed by atoms with Crippen LogP contribution in [-0.4, -0.2) is 44.5 Å². The van der Waals surface area contributed by atoms with Crippen LogP contribution in [0.1, 0.15) is 11.1 Å². The van der Waals surface area contributed by atoms with Crippen molar-refractivity contribution in [2.24, 2.45) is 5.73 Å². The number of hydrogen-bond acceptors (Lipinski definition) is 4. The highest BCUT2D eigenvalue weighted by molar-refractivity contribution is 7.91. The van der Waals surface area contributed by atoms with Crippen LogP contribution in [0, 0.1) is 17.7 Å². The van der Waals surface area contributed by atoms with Crippen molar-refractivity contribution in [2.45, 2.75) is 6.54 Å². The predicted molar refractivity (Wildman–Crippen MR) is 76.3 cm³/mol. The highest BCUT2D eigenvalue weighted by Gasteiger charge is 2.21. The quantitative estimate of drug-likeness (QED) is 0.801. The van der Waals surface area contributed by atoms with Gasteiger partial charge in [-0.2, -0.15) is 0 Å². The van der Waals surface area contributed by atoms with E-state index in [4.69, 9.17) is 5.73 Å². The van der Waals surface area contributed by atoms with Gasteiger partial charge in [-0.25, -0.2) is 12.8 Å². The Morgan fingerprint density at radius 2 is 2.00 bits per heavy atom. The van der Waals surface area contributed by atoms with E-state index in [1.807, 2.05) is 0 Å². The van der Waals surface area contributed by atoms with Crippen LogP contribution in [0.5, 0.6) is 0 Å². The lowest BCUT2D eigenvalue weighted by Gasteiger charge is -2.26. The maximum Gasteiger partial charge on any atom is 0.152 e. The maximum absolute atomic E-state index is 13.5. The van der Waals surface area contributed by atoms with E-state index in [0.717, 1.165) is 5.56 Å². The van der Waals surface area contributed by atoms with Gasteiger partial charge in [0.25, 0.3) is 0 Å². The molecule has 0 amide bonds. The Morgan fingerprint density at radius 3 is 2.65 bits per heavy atom. The van der Waals surface area contributed by atoms with Gasteiger partial charge in [0.1, 0.15) is 5.82 Å². The molecule has 1 aromatic rings. The molecule has 1 aromatic carbocycles. The monoisotopic (exact) mass is 296 g/mol. The van der Waals surface area contributed by atoms with E-state index in [1.54, 1.807) is 12.1 Å². The van der Waals surface area contributed by atoms with Crippen molar-refractivity contribution < 1.29 is 12.8 Å². The summed E-state index contributed by atoms with van der Waals surface area (Å²) in [5.41, 5.74) is 6.53. The first-order valence-electron chi connectivity index (χ1n) is 6.40. The lowest BCUT2D eigenvalue weighted by Crippen LogP contribution is -2.39. The number of sulfone groups is 1. The Morgan fingerprint density at radius 1 is 1.30 bits per heavy atom. The highest BCUT2D eigenvalue weighted by atomic mass is 32.2. The molecule has 20 heavy (non-hydrogen) atoms. The molecule has 6 heteroatoms. The summed E-state index contributed by atoms with van der Waals surface area (Å²) in [5, 5.41) is 0. The van der Waals surface area contributed by atoms with Crippen LogP contribution in [-0.2, 0) is 16.4 Å². The van der Waals surface area contributed by atoms with Crippen LogP contribution >= 0.6 is 0 Å². The first kappa shape index (κ1) is 15.0. The molecule has 0 bridgehead atoms. The van der Waals surface area contributed by atoms with Crippen molar-refractivity contribution >= 4 is 9.84 Å². The lowest BCUT2D eigenvalue weighted by atomic mass is 10.1. The molecule has 2 N–H and O–H groups in total. The van der Waals surface area contributed by atoms with Crippen LogP contribution in [0.25, 0.3) is 0 Å². The number of hydrogen-bond donors (Lipinski definition) is 1. The second-order valence-electron chi connectivity index (χ2n) is 4.75. The third kappa shape index (κ3) is 4.04. The zero-order chi connectivity index (χ0) is 14.6. The maximum atomic E-state index is 13.5. The molecule has 0 unspecified atom stereocenters. The van der Waals surface area contributed by atoms with Crippen LogP contribution < -0.4 is 5.73 Å². The molecule has 0 saturated carbocycles. The Hall–Kier alpha value is -1.42. The molecule has 0 aromatic heterocycles. The van der Waals surface area contributed by atoms with Gasteiger partial charge in [-0.3, -0.25) is 4.90 Å². The minimum absolute atomic E-state index is 0.188. The first-order chi connectivity index (χ1) is 9.50. The highest BCUT2D eigenvalue weighted by Crippen LogP contribution is 2.13. The van der Waals surface area contributed by atoms with Crippen molar-refractivity contribution in [3.8, 4) is 11.8 Å². The van der Waals surface area contributed by atoms with Gasteiger partial charge in [-0.15, -0.1) is 0 Å². The van der Waals surface area contributed by atoms with E-state index < -0.39 is 9.84 Å². The van der Waals surface area contributed by atoms with Gasteiger partial charge < -0.3 is 5.73 Å². The van der Waals surface area contributed by atoms with Crippen molar-refractivity contribution in [1.29, 1.82) is 0 Å². The molecule has 1 aliphatic heterocycles. The van der Waals surface area contributed by atoms with Crippen molar-refractivity contribution in [3.63, 3.8) is 0 Å². The molecule has 1 saturated heterocycles. The average Bonchev–Trinajstić information content (AvgIpc) is 2.42. The minimum Gasteiger partial charge on any atom is -0.320 e. The molecule has 0 atom stereocenters. The Bertz CT molecular complexity index is 633. The number of benzene rings is 1. The van der Waals surface area contributed by atoms with Gasteiger partial charge in [-0.05, 0) is 17.7 Å². The second kappa shape index (κ2) is 6.35.